The minimum atomic E-state index is -1.22. The summed E-state index contributed by atoms with van der Waals surface area (Å²) >= 11 is 5.04. The molecule has 2 rings (SSSR count). The summed E-state index contributed by atoms with van der Waals surface area (Å²) in [5.41, 5.74) is 1.04. The molecular formula is C13H13N3O3S2. The minimum Gasteiger partial charge on any atom is -0.475 e. The van der Waals surface area contributed by atoms with Gasteiger partial charge in [-0.3, -0.25) is 4.79 Å². The number of carboxylic acids is 1. The largest absolute Gasteiger partial charge is 0.475 e. The number of carboxylic acid groups (broad SMARTS) is 1. The second-order valence-electron chi connectivity index (χ2n) is 4.29. The van der Waals surface area contributed by atoms with Crippen LogP contribution in [0.2, 0.25) is 0 Å². The van der Waals surface area contributed by atoms with Crippen LogP contribution in [-0.4, -0.2) is 32.1 Å². The van der Waals surface area contributed by atoms with Crippen LogP contribution in [0.25, 0.3) is 0 Å². The molecule has 0 bridgehead atoms. The Bertz CT molecular complexity index is 631. The van der Waals surface area contributed by atoms with E-state index in [1.165, 1.54) is 0 Å². The Hall–Kier alpha value is -1.93. The maximum atomic E-state index is 12.2. The Kier molecular flexibility index (Phi) is 5.29. The number of amides is 1. The molecule has 0 spiro atoms. The molecule has 0 saturated heterocycles. The van der Waals surface area contributed by atoms with Crippen molar-refractivity contribution in [2.75, 3.05) is 11.1 Å². The highest BCUT2D eigenvalue weighted by molar-refractivity contribution is 7.80. The first kappa shape index (κ1) is 15.5. The summed E-state index contributed by atoms with van der Waals surface area (Å²) in [5.74, 6) is -1.73. The summed E-state index contributed by atoms with van der Waals surface area (Å²) < 4.78 is 3.64. The number of rotatable bonds is 6. The topological polar surface area (TPSA) is 92.2 Å². The second kappa shape index (κ2) is 7.19. The van der Waals surface area contributed by atoms with Crippen LogP contribution in [0, 0.1) is 5.92 Å². The summed E-state index contributed by atoms with van der Waals surface area (Å²) in [6.45, 7) is 0. The van der Waals surface area contributed by atoms with Gasteiger partial charge in [0.05, 0.1) is 5.92 Å². The predicted molar refractivity (Wildman–Crippen MR) is 83.0 cm³/mol. The fourth-order valence-corrected chi connectivity index (χ4v) is 2.57. The van der Waals surface area contributed by atoms with Crippen molar-refractivity contribution in [2.24, 2.45) is 5.92 Å². The van der Waals surface area contributed by atoms with Gasteiger partial charge in [-0.2, -0.15) is 22.0 Å². The van der Waals surface area contributed by atoms with Crippen molar-refractivity contribution in [1.29, 1.82) is 0 Å². The first-order chi connectivity index (χ1) is 10.1. The molecule has 1 heterocycles. The third-order valence-electron chi connectivity index (χ3n) is 2.76. The Labute approximate surface area is 130 Å². The number of nitrogens with one attached hydrogen (secondary N) is 1. The van der Waals surface area contributed by atoms with E-state index in [0.717, 1.165) is 17.1 Å². The number of aromatic carboxylic acids is 1. The van der Waals surface area contributed by atoms with Gasteiger partial charge in [-0.05, 0) is 12.0 Å². The predicted octanol–water partition coefficient (Wildman–Crippen LogP) is 1.96. The molecule has 0 radical (unpaired) electrons. The van der Waals surface area contributed by atoms with Gasteiger partial charge in [0.15, 0.2) is 0 Å². The molecule has 1 aromatic carbocycles. The number of benzene rings is 1. The van der Waals surface area contributed by atoms with Crippen molar-refractivity contribution in [3.63, 3.8) is 0 Å². The van der Waals surface area contributed by atoms with Gasteiger partial charge in [0.2, 0.25) is 11.0 Å². The van der Waals surface area contributed by atoms with Gasteiger partial charge in [-0.15, -0.1) is 0 Å². The van der Waals surface area contributed by atoms with Gasteiger partial charge in [0.1, 0.15) is 0 Å². The highest BCUT2D eigenvalue weighted by atomic mass is 32.1. The Morgan fingerprint density at radius 2 is 2.05 bits per heavy atom. The number of hydrogen-bond acceptors (Lipinski definition) is 6. The zero-order valence-corrected chi connectivity index (χ0v) is 12.6. The normalized spacial score (nSPS) is 11.9. The zero-order valence-electron chi connectivity index (χ0n) is 10.9. The number of anilines is 1. The molecule has 1 atom stereocenters. The molecule has 0 aliphatic rings. The first-order valence-electron chi connectivity index (χ1n) is 6.13. The number of carbonyl (C=O) groups is 2. The van der Waals surface area contributed by atoms with Gasteiger partial charge in [0.25, 0.3) is 5.82 Å². The molecule has 1 amide bonds. The van der Waals surface area contributed by atoms with E-state index >= 15 is 0 Å². The number of carbonyl (C=O) groups excluding carboxylic acids is 1. The average Bonchev–Trinajstić information content (AvgIpc) is 2.94. The van der Waals surface area contributed by atoms with Gasteiger partial charge in [-0.1, -0.05) is 30.3 Å². The van der Waals surface area contributed by atoms with E-state index in [4.69, 9.17) is 5.11 Å². The standard InChI is InChI=1S/C13H13N3O3S2/c17-11(15-13-14-10(12(18)19)16-21-13)9(7-20)6-8-4-2-1-3-5-8/h1-5,9,20H,6-7H2,(H,18,19)(H,14,15,16,17). The molecular weight excluding hydrogens is 310 g/mol. The fraction of sp³-hybridized carbons (Fsp3) is 0.231. The smallest absolute Gasteiger partial charge is 0.375 e. The van der Waals surface area contributed by atoms with Gasteiger partial charge in [0, 0.05) is 17.3 Å². The molecule has 0 saturated carbocycles. The quantitative estimate of drug-likeness (QED) is 0.707. The van der Waals surface area contributed by atoms with Crippen LogP contribution in [0.15, 0.2) is 30.3 Å². The van der Waals surface area contributed by atoms with Crippen LogP contribution in [-0.2, 0) is 11.2 Å². The number of thiol groups is 1. The maximum absolute atomic E-state index is 12.2. The third-order valence-corrected chi connectivity index (χ3v) is 3.83. The molecule has 2 aromatic rings. The lowest BCUT2D eigenvalue weighted by Crippen LogP contribution is -2.26. The lowest BCUT2D eigenvalue weighted by atomic mass is 10.0. The molecule has 0 fully saturated rings. The van der Waals surface area contributed by atoms with E-state index in [1.54, 1.807) is 0 Å². The van der Waals surface area contributed by atoms with E-state index in [1.807, 2.05) is 30.3 Å². The summed E-state index contributed by atoms with van der Waals surface area (Å²) in [5, 5.41) is 11.5. The zero-order chi connectivity index (χ0) is 15.2. The number of nitrogens with zero attached hydrogens (tertiary/aromatic N) is 2. The van der Waals surface area contributed by atoms with Crippen molar-refractivity contribution in [2.45, 2.75) is 6.42 Å². The van der Waals surface area contributed by atoms with Crippen molar-refractivity contribution in [3.05, 3.63) is 41.7 Å². The minimum absolute atomic E-state index is 0.178. The Morgan fingerprint density at radius 3 is 2.62 bits per heavy atom. The summed E-state index contributed by atoms with van der Waals surface area (Å²) in [6.07, 6.45) is 0.556. The van der Waals surface area contributed by atoms with Crippen LogP contribution in [0.4, 0.5) is 5.13 Å². The van der Waals surface area contributed by atoms with Gasteiger partial charge in [-0.25, -0.2) is 4.79 Å². The van der Waals surface area contributed by atoms with E-state index in [9.17, 15) is 9.59 Å². The average molecular weight is 323 g/mol. The van der Waals surface area contributed by atoms with Crippen molar-refractivity contribution < 1.29 is 14.7 Å². The highest BCUT2D eigenvalue weighted by Crippen LogP contribution is 2.16. The van der Waals surface area contributed by atoms with Crippen LogP contribution in [0.3, 0.4) is 0 Å². The highest BCUT2D eigenvalue weighted by Gasteiger charge is 2.20. The number of aromatic nitrogens is 2. The van der Waals surface area contributed by atoms with Gasteiger partial charge >= 0.3 is 5.97 Å². The summed E-state index contributed by atoms with van der Waals surface area (Å²) in [6, 6.07) is 9.61. The fourth-order valence-electron chi connectivity index (χ4n) is 1.71. The van der Waals surface area contributed by atoms with Crippen LogP contribution in [0.1, 0.15) is 16.2 Å². The molecule has 0 aliphatic carbocycles. The Morgan fingerprint density at radius 1 is 1.33 bits per heavy atom. The summed E-state index contributed by atoms with van der Waals surface area (Å²) in [4.78, 5) is 26.6. The molecule has 110 valence electrons. The molecule has 0 aliphatic heterocycles. The molecule has 2 N–H and O–H groups in total. The molecule has 6 nitrogen and oxygen atoms in total. The number of hydrogen-bond donors (Lipinski definition) is 3. The van der Waals surface area contributed by atoms with Crippen LogP contribution >= 0.6 is 24.2 Å². The van der Waals surface area contributed by atoms with E-state index in [0.29, 0.717) is 12.2 Å². The van der Waals surface area contributed by atoms with Crippen molar-refractivity contribution in [1.82, 2.24) is 9.36 Å². The lowest BCUT2D eigenvalue weighted by Gasteiger charge is -2.13. The SMILES string of the molecule is O=C(O)c1nsc(NC(=O)C(CS)Cc2ccccc2)n1. The van der Waals surface area contributed by atoms with Gasteiger partial charge < -0.3 is 10.4 Å². The molecule has 8 heteroatoms. The van der Waals surface area contributed by atoms with Crippen LogP contribution < -0.4 is 5.32 Å². The maximum Gasteiger partial charge on any atom is 0.375 e. The Balaban J connectivity index is 2.01. The van der Waals surface area contributed by atoms with E-state index in [2.05, 4.69) is 27.3 Å². The van der Waals surface area contributed by atoms with E-state index in [-0.39, 0.29) is 22.8 Å². The lowest BCUT2D eigenvalue weighted by molar-refractivity contribution is -0.119. The molecule has 1 unspecified atom stereocenters. The van der Waals surface area contributed by atoms with Crippen molar-refractivity contribution >= 4 is 41.2 Å². The monoisotopic (exact) mass is 323 g/mol. The van der Waals surface area contributed by atoms with Crippen molar-refractivity contribution in [3.8, 4) is 0 Å². The van der Waals surface area contributed by atoms with E-state index < -0.39 is 5.97 Å². The molecule has 1 aromatic heterocycles. The second-order valence-corrected chi connectivity index (χ2v) is 5.40. The molecule has 21 heavy (non-hydrogen) atoms. The van der Waals surface area contributed by atoms with Crippen LogP contribution in [0.5, 0.6) is 0 Å². The third kappa shape index (κ3) is 4.27. The summed E-state index contributed by atoms with van der Waals surface area (Å²) in [7, 11) is 0. The first-order valence-corrected chi connectivity index (χ1v) is 7.53.